The Morgan fingerprint density at radius 3 is 2.77 bits per heavy atom. The van der Waals surface area contributed by atoms with Crippen molar-refractivity contribution >= 4 is 16.8 Å². The van der Waals surface area contributed by atoms with Crippen LogP contribution in [0, 0.1) is 0 Å². The SMILES string of the molecule is CCCc1ccc(OCC(=O)N2CCc3[nH]c4ccccc4c3C2)cc1. The number of carbonyl (C=O) groups excluding carboxylic acids is 1. The number of nitrogens with one attached hydrogen (secondary N) is 1. The van der Waals surface area contributed by atoms with Crippen LogP contribution in [0.1, 0.15) is 30.2 Å². The molecule has 4 nitrogen and oxygen atoms in total. The zero-order valence-corrected chi connectivity index (χ0v) is 15.1. The maximum atomic E-state index is 12.6. The van der Waals surface area contributed by atoms with Gasteiger partial charge in [0.15, 0.2) is 6.61 Å². The largest absolute Gasteiger partial charge is 0.484 e. The summed E-state index contributed by atoms with van der Waals surface area (Å²) in [6.45, 7) is 3.64. The lowest BCUT2D eigenvalue weighted by Crippen LogP contribution is -2.38. The lowest BCUT2D eigenvalue weighted by Gasteiger charge is -2.27. The topological polar surface area (TPSA) is 45.3 Å². The van der Waals surface area contributed by atoms with Crippen molar-refractivity contribution in [2.45, 2.75) is 32.7 Å². The number of aromatic amines is 1. The zero-order chi connectivity index (χ0) is 17.9. The number of ether oxygens (including phenoxy) is 1. The van der Waals surface area contributed by atoms with Crippen molar-refractivity contribution in [3.05, 3.63) is 65.4 Å². The molecule has 0 bridgehead atoms. The number of fused-ring (bicyclic) bond motifs is 3. The number of hydrogen-bond donors (Lipinski definition) is 1. The van der Waals surface area contributed by atoms with Crippen LogP contribution in [0.4, 0.5) is 0 Å². The van der Waals surface area contributed by atoms with Crippen LogP contribution in [0.25, 0.3) is 10.9 Å². The number of amides is 1. The summed E-state index contributed by atoms with van der Waals surface area (Å²) < 4.78 is 5.71. The van der Waals surface area contributed by atoms with Gasteiger partial charge in [-0.15, -0.1) is 0 Å². The summed E-state index contributed by atoms with van der Waals surface area (Å²) in [6, 6.07) is 16.3. The normalized spacial score (nSPS) is 13.7. The number of aromatic nitrogens is 1. The Bertz CT molecular complexity index is 912. The number of nitrogens with zero attached hydrogens (tertiary/aromatic N) is 1. The van der Waals surface area contributed by atoms with E-state index in [9.17, 15) is 4.79 Å². The molecule has 3 aromatic rings. The Morgan fingerprint density at radius 2 is 1.96 bits per heavy atom. The van der Waals surface area contributed by atoms with Gasteiger partial charge in [-0.1, -0.05) is 43.7 Å². The van der Waals surface area contributed by atoms with Crippen LogP contribution in [-0.2, 0) is 24.2 Å². The molecule has 26 heavy (non-hydrogen) atoms. The Labute approximate surface area is 153 Å². The van der Waals surface area contributed by atoms with Gasteiger partial charge in [-0.2, -0.15) is 0 Å². The summed E-state index contributed by atoms with van der Waals surface area (Å²) in [5, 5.41) is 1.22. The van der Waals surface area contributed by atoms with Crippen LogP contribution in [0.5, 0.6) is 5.75 Å². The molecule has 4 rings (SSSR count). The first-order valence-corrected chi connectivity index (χ1v) is 9.32. The Kier molecular flexibility index (Phi) is 4.65. The van der Waals surface area contributed by atoms with Crippen molar-refractivity contribution < 1.29 is 9.53 Å². The van der Waals surface area contributed by atoms with Gasteiger partial charge in [0.05, 0.1) is 0 Å². The molecule has 0 aliphatic carbocycles. The number of H-pyrrole nitrogens is 1. The molecule has 2 heterocycles. The van der Waals surface area contributed by atoms with Gasteiger partial charge in [-0.25, -0.2) is 0 Å². The molecule has 1 aliphatic heterocycles. The lowest BCUT2D eigenvalue weighted by atomic mass is 10.0. The Hall–Kier alpha value is -2.75. The highest BCUT2D eigenvalue weighted by Crippen LogP contribution is 2.27. The molecule has 0 saturated heterocycles. The van der Waals surface area contributed by atoms with E-state index in [1.54, 1.807) is 0 Å². The third-order valence-electron chi connectivity index (χ3n) is 5.06. The minimum atomic E-state index is 0.0403. The second kappa shape index (κ2) is 7.24. The van der Waals surface area contributed by atoms with Crippen LogP contribution in [0.2, 0.25) is 0 Å². The van der Waals surface area contributed by atoms with Gasteiger partial charge < -0.3 is 14.6 Å². The lowest BCUT2D eigenvalue weighted by molar-refractivity contribution is -0.134. The number of carbonyl (C=O) groups is 1. The highest BCUT2D eigenvalue weighted by molar-refractivity contribution is 5.86. The molecule has 0 saturated carbocycles. The van der Waals surface area contributed by atoms with E-state index >= 15 is 0 Å². The molecule has 0 fully saturated rings. The molecule has 1 N–H and O–H groups in total. The molecule has 0 radical (unpaired) electrons. The maximum Gasteiger partial charge on any atom is 0.260 e. The molecule has 1 aliphatic rings. The van der Waals surface area contributed by atoms with Crippen molar-refractivity contribution in [1.29, 1.82) is 0 Å². The highest BCUT2D eigenvalue weighted by atomic mass is 16.5. The third kappa shape index (κ3) is 3.32. The summed E-state index contributed by atoms with van der Waals surface area (Å²) in [6.07, 6.45) is 3.06. The van der Waals surface area contributed by atoms with Crippen LogP contribution >= 0.6 is 0 Å². The van der Waals surface area contributed by atoms with E-state index in [1.807, 2.05) is 29.2 Å². The van der Waals surface area contributed by atoms with Crippen LogP contribution in [0.3, 0.4) is 0 Å². The number of aryl methyl sites for hydroxylation is 1. The predicted octanol–water partition coefficient (Wildman–Crippen LogP) is 4.08. The van der Waals surface area contributed by atoms with Crippen LogP contribution < -0.4 is 4.74 Å². The Balaban J connectivity index is 1.40. The molecule has 0 spiro atoms. The van der Waals surface area contributed by atoms with Gasteiger partial charge in [-0.05, 0) is 30.2 Å². The smallest absolute Gasteiger partial charge is 0.260 e. The van der Waals surface area contributed by atoms with Crippen molar-refractivity contribution in [2.75, 3.05) is 13.2 Å². The first kappa shape index (κ1) is 16.7. The number of hydrogen-bond acceptors (Lipinski definition) is 2. The third-order valence-corrected chi connectivity index (χ3v) is 5.06. The summed E-state index contributed by atoms with van der Waals surface area (Å²) in [5.41, 5.74) is 4.94. The second-order valence-corrected chi connectivity index (χ2v) is 6.88. The number of para-hydroxylation sites is 1. The molecular formula is C22H24N2O2. The molecule has 134 valence electrons. The molecule has 1 amide bonds. The number of benzene rings is 2. The summed E-state index contributed by atoms with van der Waals surface area (Å²) in [5.74, 6) is 0.793. The molecular weight excluding hydrogens is 324 g/mol. The van der Waals surface area contributed by atoms with Crippen molar-refractivity contribution in [3.63, 3.8) is 0 Å². The first-order chi connectivity index (χ1) is 12.7. The van der Waals surface area contributed by atoms with Gasteiger partial charge >= 0.3 is 0 Å². The van der Waals surface area contributed by atoms with Crippen LogP contribution in [0.15, 0.2) is 48.5 Å². The average Bonchev–Trinajstić information content (AvgIpc) is 3.05. The van der Waals surface area contributed by atoms with Gasteiger partial charge in [-0.3, -0.25) is 4.79 Å². The van der Waals surface area contributed by atoms with E-state index < -0.39 is 0 Å². The van der Waals surface area contributed by atoms with Crippen molar-refractivity contribution in [1.82, 2.24) is 9.88 Å². The van der Waals surface area contributed by atoms with Crippen molar-refractivity contribution in [2.24, 2.45) is 0 Å². The zero-order valence-electron chi connectivity index (χ0n) is 15.1. The van der Waals surface area contributed by atoms with Crippen molar-refractivity contribution in [3.8, 4) is 5.75 Å². The van der Waals surface area contributed by atoms with E-state index in [-0.39, 0.29) is 12.5 Å². The van der Waals surface area contributed by atoms with Gasteiger partial charge in [0.25, 0.3) is 5.91 Å². The van der Waals surface area contributed by atoms with E-state index in [1.165, 1.54) is 22.2 Å². The summed E-state index contributed by atoms with van der Waals surface area (Å²) in [7, 11) is 0. The van der Waals surface area contributed by atoms with E-state index in [4.69, 9.17) is 4.74 Å². The maximum absolute atomic E-state index is 12.6. The van der Waals surface area contributed by atoms with Gasteiger partial charge in [0.2, 0.25) is 0 Å². The van der Waals surface area contributed by atoms with E-state index in [0.29, 0.717) is 6.54 Å². The minimum absolute atomic E-state index is 0.0403. The molecule has 4 heteroatoms. The standard InChI is InChI=1S/C22H24N2O2/c1-2-5-16-8-10-17(11-9-16)26-15-22(25)24-13-12-21-19(14-24)18-6-3-4-7-20(18)23-21/h3-4,6-11,23H,2,5,12-15H2,1H3. The minimum Gasteiger partial charge on any atom is -0.484 e. The average molecular weight is 348 g/mol. The second-order valence-electron chi connectivity index (χ2n) is 6.88. The molecule has 0 atom stereocenters. The Morgan fingerprint density at radius 1 is 1.15 bits per heavy atom. The predicted molar refractivity (Wildman–Crippen MR) is 103 cm³/mol. The van der Waals surface area contributed by atoms with E-state index in [0.717, 1.165) is 37.1 Å². The fraction of sp³-hybridized carbons (Fsp3) is 0.318. The number of rotatable bonds is 5. The summed E-state index contributed by atoms with van der Waals surface area (Å²) >= 11 is 0. The molecule has 0 unspecified atom stereocenters. The molecule has 1 aromatic heterocycles. The quantitative estimate of drug-likeness (QED) is 0.755. The highest BCUT2D eigenvalue weighted by Gasteiger charge is 2.24. The molecule has 2 aromatic carbocycles. The van der Waals surface area contributed by atoms with Gasteiger partial charge in [0.1, 0.15) is 5.75 Å². The van der Waals surface area contributed by atoms with E-state index in [2.05, 4.69) is 36.2 Å². The fourth-order valence-corrected chi connectivity index (χ4v) is 3.66. The van der Waals surface area contributed by atoms with Gasteiger partial charge in [0, 0.05) is 41.7 Å². The summed E-state index contributed by atoms with van der Waals surface area (Å²) in [4.78, 5) is 18.0. The first-order valence-electron chi connectivity index (χ1n) is 9.32. The monoisotopic (exact) mass is 348 g/mol. The fourth-order valence-electron chi connectivity index (χ4n) is 3.66. The van der Waals surface area contributed by atoms with Crippen LogP contribution in [-0.4, -0.2) is 28.9 Å².